The Labute approximate surface area is 139 Å². The second-order valence-electron chi connectivity index (χ2n) is 5.87. The van der Waals surface area contributed by atoms with Crippen LogP contribution in [0.25, 0.3) is 11.1 Å². The van der Waals surface area contributed by atoms with E-state index in [2.05, 4.69) is 0 Å². The van der Waals surface area contributed by atoms with E-state index in [1.54, 1.807) is 36.1 Å². The average Bonchev–Trinajstić information content (AvgIpc) is 2.88. The number of amides is 1. The number of fused-ring (bicyclic) bond motifs is 1. The number of aromatic nitrogens is 1. The average molecular weight is 353 g/mol. The summed E-state index contributed by atoms with van der Waals surface area (Å²) in [5, 5.41) is 0. The van der Waals surface area contributed by atoms with Crippen molar-refractivity contribution >= 4 is 27.0 Å². The van der Waals surface area contributed by atoms with Crippen LogP contribution in [-0.4, -0.2) is 60.5 Å². The van der Waals surface area contributed by atoms with Crippen molar-refractivity contribution < 1.29 is 17.6 Å². The number of carbonyl (C=O) groups excluding carboxylic acids is 1. The molecule has 1 atom stereocenters. The van der Waals surface area contributed by atoms with Gasteiger partial charge in [-0.05, 0) is 19.1 Å². The third-order valence-corrected chi connectivity index (χ3v) is 5.59. The predicted molar refractivity (Wildman–Crippen MR) is 88.2 cm³/mol. The molecule has 0 radical (unpaired) electrons. The molecular weight excluding hydrogens is 334 g/mol. The van der Waals surface area contributed by atoms with E-state index in [1.807, 2.05) is 0 Å². The molecule has 8 nitrogen and oxygen atoms in total. The minimum Gasteiger partial charge on any atom is -0.408 e. The van der Waals surface area contributed by atoms with Gasteiger partial charge in [-0.15, -0.1) is 0 Å². The zero-order valence-electron chi connectivity index (χ0n) is 13.5. The lowest BCUT2D eigenvalue weighted by Gasteiger charge is -2.34. The molecule has 1 fully saturated rings. The van der Waals surface area contributed by atoms with Gasteiger partial charge in [0.1, 0.15) is 6.04 Å². The van der Waals surface area contributed by atoms with Crippen LogP contribution in [0.5, 0.6) is 0 Å². The van der Waals surface area contributed by atoms with E-state index in [0.29, 0.717) is 24.2 Å². The van der Waals surface area contributed by atoms with Gasteiger partial charge in [0.25, 0.3) is 0 Å². The molecule has 1 unspecified atom stereocenters. The Hall–Kier alpha value is -2.13. The molecule has 3 rings (SSSR count). The smallest absolute Gasteiger partial charge is 0.408 e. The van der Waals surface area contributed by atoms with E-state index in [1.165, 1.54) is 8.87 Å². The third kappa shape index (κ3) is 2.96. The standard InChI is InChI=1S/C15H19N3O5S/c1-11(18-12-5-3-4-6-13(12)23-15(18)20)14(19)16-7-9-17(10-8-16)24(2,21)22/h3-6,11H,7-10H2,1-2H3. The number of oxazole rings is 1. The Morgan fingerprint density at radius 3 is 2.42 bits per heavy atom. The summed E-state index contributed by atoms with van der Waals surface area (Å²) < 4.78 is 30.9. The molecule has 2 aromatic rings. The van der Waals surface area contributed by atoms with Gasteiger partial charge in [-0.3, -0.25) is 9.36 Å². The summed E-state index contributed by atoms with van der Waals surface area (Å²) in [5.74, 6) is -0.802. The second kappa shape index (κ2) is 6.06. The molecule has 0 aliphatic carbocycles. The highest BCUT2D eigenvalue weighted by atomic mass is 32.2. The second-order valence-corrected chi connectivity index (χ2v) is 7.85. The maximum absolute atomic E-state index is 12.7. The highest BCUT2D eigenvalue weighted by Gasteiger charge is 2.30. The van der Waals surface area contributed by atoms with Gasteiger partial charge in [-0.25, -0.2) is 13.2 Å². The van der Waals surface area contributed by atoms with Gasteiger partial charge >= 0.3 is 5.76 Å². The van der Waals surface area contributed by atoms with Crippen molar-refractivity contribution in [3.63, 3.8) is 0 Å². The van der Waals surface area contributed by atoms with Crippen LogP contribution in [0.3, 0.4) is 0 Å². The Morgan fingerprint density at radius 1 is 1.17 bits per heavy atom. The van der Waals surface area contributed by atoms with E-state index in [-0.39, 0.29) is 19.0 Å². The van der Waals surface area contributed by atoms with Crippen LogP contribution in [0, 0.1) is 0 Å². The first kappa shape index (κ1) is 16.7. The SMILES string of the molecule is CC(C(=O)N1CCN(S(C)(=O)=O)CC1)n1c(=O)oc2ccccc21. The number of rotatable bonds is 3. The maximum atomic E-state index is 12.7. The van der Waals surface area contributed by atoms with E-state index < -0.39 is 21.8 Å². The Morgan fingerprint density at radius 2 is 1.79 bits per heavy atom. The van der Waals surface area contributed by atoms with Crippen LogP contribution in [0.1, 0.15) is 13.0 Å². The van der Waals surface area contributed by atoms with Crippen LogP contribution in [0.15, 0.2) is 33.5 Å². The summed E-state index contributed by atoms with van der Waals surface area (Å²) in [6.45, 7) is 2.78. The highest BCUT2D eigenvalue weighted by Crippen LogP contribution is 2.19. The van der Waals surface area contributed by atoms with E-state index >= 15 is 0 Å². The largest absolute Gasteiger partial charge is 0.420 e. The molecule has 24 heavy (non-hydrogen) atoms. The molecule has 1 saturated heterocycles. The number of para-hydroxylation sites is 2. The molecular formula is C15H19N3O5S. The van der Waals surface area contributed by atoms with Crippen molar-refractivity contribution in [2.45, 2.75) is 13.0 Å². The summed E-state index contributed by atoms with van der Waals surface area (Å²) in [6, 6.07) is 6.22. The summed E-state index contributed by atoms with van der Waals surface area (Å²) in [6.07, 6.45) is 1.16. The van der Waals surface area contributed by atoms with E-state index in [0.717, 1.165) is 6.26 Å². The highest BCUT2D eigenvalue weighted by molar-refractivity contribution is 7.88. The lowest BCUT2D eigenvalue weighted by Crippen LogP contribution is -2.51. The fourth-order valence-corrected chi connectivity index (χ4v) is 3.79. The van der Waals surface area contributed by atoms with Gasteiger partial charge < -0.3 is 9.32 Å². The Kier molecular flexibility index (Phi) is 4.22. The lowest BCUT2D eigenvalue weighted by atomic mass is 10.2. The zero-order chi connectivity index (χ0) is 17.5. The molecule has 1 aliphatic rings. The number of carbonyl (C=O) groups is 1. The van der Waals surface area contributed by atoms with Crippen molar-refractivity contribution in [3.05, 3.63) is 34.8 Å². The first-order chi connectivity index (χ1) is 11.3. The van der Waals surface area contributed by atoms with Crippen LogP contribution in [0.4, 0.5) is 0 Å². The molecule has 2 heterocycles. The number of piperazine rings is 1. The van der Waals surface area contributed by atoms with Gasteiger partial charge in [0.15, 0.2) is 5.58 Å². The third-order valence-electron chi connectivity index (χ3n) is 4.28. The molecule has 0 spiro atoms. The molecule has 9 heteroatoms. The molecule has 1 aromatic heterocycles. The quantitative estimate of drug-likeness (QED) is 0.789. The van der Waals surface area contributed by atoms with Crippen molar-refractivity contribution in [3.8, 4) is 0 Å². The number of nitrogens with zero attached hydrogens (tertiary/aromatic N) is 3. The van der Waals surface area contributed by atoms with Crippen LogP contribution < -0.4 is 5.76 Å². The molecule has 1 aromatic carbocycles. The fourth-order valence-electron chi connectivity index (χ4n) is 2.97. The van der Waals surface area contributed by atoms with E-state index in [9.17, 15) is 18.0 Å². The zero-order valence-corrected chi connectivity index (χ0v) is 14.3. The van der Waals surface area contributed by atoms with Gasteiger partial charge in [-0.2, -0.15) is 4.31 Å². The van der Waals surface area contributed by atoms with Crippen molar-refractivity contribution in [1.82, 2.24) is 13.8 Å². The van der Waals surface area contributed by atoms with Gasteiger partial charge in [0, 0.05) is 26.2 Å². The fraction of sp³-hybridized carbons (Fsp3) is 0.467. The topological polar surface area (TPSA) is 92.8 Å². The lowest BCUT2D eigenvalue weighted by molar-refractivity contribution is -0.135. The summed E-state index contributed by atoms with van der Waals surface area (Å²) in [5.41, 5.74) is 1.00. The van der Waals surface area contributed by atoms with Crippen LogP contribution >= 0.6 is 0 Å². The molecule has 0 bridgehead atoms. The Bertz CT molecular complexity index is 922. The first-order valence-corrected chi connectivity index (χ1v) is 9.48. The number of hydrogen-bond acceptors (Lipinski definition) is 5. The number of benzene rings is 1. The van der Waals surface area contributed by atoms with E-state index in [4.69, 9.17) is 4.42 Å². The summed E-state index contributed by atoms with van der Waals surface area (Å²) in [4.78, 5) is 26.4. The predicted octanol–water partition coefficient (Wildman–Crippen LogP) is 0.259. The van der Waals surface area contributed by atoms with Gasteiger partial charge in [0.2, 0.25) is 15.9 Å². The maximum Gasteiger partial charge on any atom is 0.420 e. The molecule has 130 valence electrons. The van der Waals surface area contributed by atoms with Gasteiger partial charge in [0.05, 0.1) is 11.8 Å². The molecule has 1 amide bonds. The number of sulfonamides is 1. The van der Waals surface area contributed by atoms with Gasteiger partial charge in [-0.1, -0.05) is 12.1 Å². The molecule has 0 N–H and O–H groups in total. The van der Waals surface area contributed by atoms with Crippen molar-refractivity contribution in [2.75, 3.05) is 32.4 Å². The molecule has 0 saturated carbocycles. The summed E-state index contributed by atoms with van der Waals surface area (Å²) in [7, 11) is -3.25. The first-order valence-electron chi connectivity index (χ1n) is 7.63. The summed E-state index contributed by atoms with van der Waals surface area (Å²) >= 11 is 0. The van der Waals surface area contributed by atoms with Crippen LogP contribution in [0.2, 0.25) is 0 Å². The minimum absolute atomic E-state index is 0.225. The number of hydrogen-bond donors (Lipinski definition) is 0. The normalized spacial score (nSPS) is 18.0. The molecule has 1 aliphatic heterocycles. The van der Waals surface area contributed by atoms with Crippen molar-refractivity contribution in [2.24, 2.45) is 0 Å². The Balaban J connectivity index is 1.81. The monoisotopic (exact) mass is 353 g/mol. The van der Waals surface area contributed by atoms with Crippen molar-refractivity contribution in [1.29, 1.82) is 0 Å². The van der Waals surface area contributed by atoms with Crippen LogP contribution in [-0.2, 0) is 14.8 Å². The minimum atomic E-state index is -3.25.